The highest BCUT2D eigenvalue weighted by atomic mass is 19.1. The van der Waals surface area contributed by atoms with E-state index in [9.17, 15) is 4.39 Å². The zero-order chi connectivity index (χ0) is 23.8. The van der Waals surface area contributed by atoms with Gasteiger partial charge in [0.2, 0.25) is 0 Å². The van der Waals surface area contributed by atoms with Gasteiger partial charge in [-0.25, -0.2) is 23.7 Å². The lowest BCUT2D eigenvalue weighted by atomic mass is 10.1. The second-order valence-electron chi connectivity index (χ2n) is 8.84. The summed E-state index contributed by atoms with van der Waals surface area (Å²) in [7, 11) is 1.68. The van der Waals surface area contributed by atoms with E-state index in [1.807, 2.05) is 36.2 Å². The van der Waals surface area contributed by atoms with E-state index in [-0.39, 0.29) is 5.82 Å². The summed E-state index contributed by atoms with van der Waals surface area (Å²) in [6.07, 6.45) is 3.95. The molecule has 5 rings (SSSR count). The number of benzene rings is 1. The average Bonchev–Trinajstić information content (AvgIpc) is 3.55. The molecule has 1 fully saturated rings. The Balaban J connectivity index is 1.50. The standard InChI is InChI=1S/C25H28FN7O/c1-15-24(19-7-9-20(26)10-8-19)31-32(12-18-5-6-18)25(15)29-22-11-23(28-14-27-22)33-17(3)21(13-34-4)16(2)30-33/h7-11,14,18H,5-6,12-13H2,1-4H3,(H,27,28,29). The van der Waals surface area contributed by atoms with Crippen molar-refractivity contribution in [1.29, 1.82) is 0 Å². The van der Waals surface area contributed by atoms with E-state index in [1.54, 1.807) is 19.2 Å². The van der Waals surface area contributed by atoms with Crippen molar-refractivity contribution in [2.75, 3.05) is 12.4 Å². The molecule has 0 bridgehead atoms. The zero-order valence-corrected chi connectivity index (χ0v) is 19.8. The quantitative estimate of drug-likeness (QED) is 0.402. The van der Waals surface area contributed by atoms with Crippen LogP contribution in [0.5, 0.6) is 0 Å². The van der Waals surface area contributed by atoms with Gasteiger partial charge in [0.1, 0.15) is 23.8 Å². The molecule has 8 nitrogen and oxygen atoms in total. The van der Waals surface area contributed by atoms with Gasteiger partial charge >= 0.3 is 0 Å². The lowest BCUT2D eigenvalue weighted by molar-refractivity contribution is 0.184. The summed E-state index contributed by atoms with van der Waals surface area (Å²) >= 11 is 0. The first-order valence-corrected chi connectivity index (χ1v) is 11.4. The summed E-state index contributed by atoms with van der Waals surface area (Å²) < 4.78 is 22.6. The first-order chi connectivity index (χ1) is 16.4. The van der Waals surface area contributed by atoms with Crippen molar-refractivity contribution in [3.05, 3.63) is 65.0 Å². The molecule has 0 spiro atoms. The van der Waals surface area contributed by atoms with E-state index < -0.39 is 0 Å². The molecule has 176 valence electrons. The van der Waals surface area contributed by atoms with Crippen LogP contribution < -0.4 is 5.32 Å². The van der Waals surface area contributed by atoms with Gasteiger partial charge in [-0.2, -0.15) is 10.2 Å². The fourth-order valence-electron chi connectivity index (χ4n) is 4.17. The number of aryl methyl sites for hydroxylation is 1. The highest BCUT2D eigenvalue weighted by Crippen LogP contribution is 2.35. The highest BCUT2D eigenvalue weighted by Gasteiger charge is 2.26. The van der Waals surface area contributed by atoms with Gasteiger partial charge in [-0.1, -0.05) is 0 Å². The molecule has 0 aliphatic heterocycles. The number of methoxy groups -OCH3 is 1. The molecule has 1 aliphatic rings. The van der Waals surface area contributed by atoms with Gasteiger partial charge in [0, 0.05) is 42.1 Å². The van der Waals surface area contributed by atoms with E-state index in [4.69, 9.17) is 9.84 Å². The predicted octanol–water partition coefficient (Wildman–Crippen LogP) is 4.89. The Hall–Kier alpha value is -3.59. The number of ether oxygens (including phenoxy) is 1. The summed E-state index contributed by atoms with van der Waals surface area (Å²) in [5.74, 6) is 2.57. The number of hydrogen-bond acceptors (Lipinski definition) is 6. The summed E-state index contributed by atoms with van der Waals surface area (Å²) in [6, 6.07) is 8.33. The Kier molecular flexibility index (Phi) is 5.87. The molecule has 3 heterocycles. The molecule has 0 unspecified atom stereocenters. The first kappa shape index (κ1) is 22.2. The van der Waals surface area contributed by atoms with Gasteiger partial charge in [0.25, 0.3) is 0 Å². The van der Waals surface area contributed by atoms with Gasteiger partial charge in [-0.05, 0) is 63.8 Å². The summed E-state index contributed by atoms with van der Waals surface area (Å²) in [6.45, 7) is 7.33. The predicted molar refractivity (Wildman–Crippen MR) is 128 cm³/mol. The van der Waals surface area contributed by atoms with Crippen LogP contribution >= 0.6 is 0 Å². The highest BCUT2D eigenvalue weighted by molar-refractivity contribution is 5.71. The van der Waals surface area contributed by atoms with Crippen LogP contribution in [-0.2, 0) is 17.9 Å². The number of nitrogens with one attached hydrogen (secondary N) is 1. The minimum atomic E-state index is -0.261. The van der Waals surface area contributed by atoms with Gasteiger partial charge < -0.3 is 10.1 Å². The molecule has 0 saturated heterocycles. The monoisotopic (exact) mass is 461 g/mol. The van der Waals surface area contributed by atoms with E-state index >= 15 is 0 Å². The van der Waals surface area contributed by atoms with E-state index in [2.05, 4.69) is 20.4 Å². The van der Waals surface area contributed by atoms with Crippen LogP contribution in [0.4, 0.5) is 16.0 Å². The van der Waals surface area contributed by atoms with Crippen molar-refractivity contribution in [1.82, 2.24) is 29.5 Å². The maximum absolute atomic E-state index is 13.5. The number of nitrogens with zero attached hydrogens (tertiary/aromatic N) is 6. The molecule has 3 aromatic heterocycles. The van der Waals surface area contributed by atoms with E-state index in [1.165, 1.54) is 31.3 Å². The second-order valence-corrected chi connectivity index (χ2v) is 8.84. The fourth-order valence-corrected chi connectivity index (χ4v) is 4.17. The number of halogens is 1. The smallest absolute Gasteiger partial charge is 0.159 e. The molecular formula is C25H28FN7O. The molecule has 1 aliphatic carbocycles. The topological polar surface area (TPSA) is 82.7 Å². The van der Waals surface area contributed by atoms with Crippen molar-refractivity contribution in [2.45, 2.75) is 46.8 Å². The molecular weight excluding hydrogens is 433 g/mol. The molecule has 0 amide bonds. The summed E-state index contributed by atoms with van der Waals surface area (Å²) in [4.78, 5) is 8.89. The molecule has 1 N–H and O–H groups in total. The summed E-state index contributed by atoms with van der Waals surface area (Å²) in [5, 5.41) is 13.0. The van der Waals surface area contributed by atoms with Gasteiger partial charge in [0.05, 0.1) is 18.0 Å². The molecule has 1 aromatic carbocycles. The van der Waals surface area contributed by atoms with Gasteiger partial charge in [0.15, 0.2) is 5.82 Å². The molecule has 9 heteroatoms. The maximum Gasteiger partial charge on any atom is 0.159 e. The largest absolute Gasteiger partial charge is 0.380 e. The van der Waals surface area contributed by atoms with E-state index in [0.29, 0.717) is 24.2 Å². The molecule has 4 aromatic rings. The SMILES string of the molecule is COCc1c(C)nn(-c2cc(Nc3c(C)c(-c4ccc(F)cc4)nn3CC3CC3)ncn2)c1C. The number of anilines is 2. The molecule has 1 saturated carbocycles. The van der Waals surface area contributed by atoms with Crippen LogP contribution in [0.25, 0.3) is 17.1 Å². The minimum Gasteiger partial charge on any atom is -0.380 e. The van der Waals surface area contributed by atoms with Crippen LogP contribution in [0.2, 0.25) is 0 Å². The average molecular weight is 462 g/mol. The number of aromatic nitrogens is 6. The Labute approximate surface area is 197 Å². The lowest BCUT2D eigenvalue weighted by Crippen LogP contribution is -2.09. The van der Waals surface area contributed by atoms with Crippen molar-refractivity contribution >= 4 is 11.6 Å². The van der Waals surface area contributed by atoms with Gasteiger partial charge in [-0.3, -0.25) is 0 Å². The van der Waals surface area contributed by atoms with Crippen molar-refractivity contribution < 1.29 is 9.13 Å². The lowest BCUT2D eigenvalue weighted by Gasteiger charge is -2.11. The van der Waals surface area contributed by atoms with Crippen LogP contribution in [0.15, 0.2) is 36.7 Å². The fraction of sp³-hybridized carbons (Fsp3) is 0.360. The Morgan fingerprint density at radius 3 is 2.56 bits per heavy atom. The van der Waals surface area contributed by atoms with Crippen LogP contribution in [0.3, 0.4) is 0 Å². The third kappa shape index (κ3) is 4.31. The van der Waals surface area contributed by atoms with Crippen LogP contribution in [-0.4, -0.2) is 36.6 Å². The Morgan fingerprint density at radius 2 is 1.85 bits per heavy atom. The Morgan fingerprint density at radius 1 is 1.09 bits per heavy atom. The van der Waals surface area contributed by atoms with Crippen molar-refractivity contribution in [3.8, 4) is 17.1 Å². The first-order valence-electron chi connectivity index (χ1n) is 11.4. The minimum absolute atomic E-state index is 0.261. The second kappa shape index (κ2) is 8.98. The van der Waals surface area contributed by atoms with Crippen molar-refractivity contribution in [2.24, 2.45) is 5.92 Å². The maximum atomic E-state index is 13.5. The molecule has 34 heavy (non-hydrogen) atoms. The Bertz CT molecular complexity index is 1320. The number of hydrogen-bond donors (Lipinski definition) is 1. The third-order valence-corrected chi connectivity index (χ3v) is 6.28. The third-order valence-electron chi connectivity index (χ3n) is 6.28. The van der Waals surface area contributed by atoms with Crippen LogP contribution in [0.1, 0.15) is 35.4 Å². The van der Waals surface area contributed by atoms with Gasteiger partial charge in [-0.15, -0.1) is 0 Å². The normalized spacial score (nSPS) is 13.4. The molecule has 0 radical (unpaired) electrons. The number of rotatable bonds is 8. The van der Waals surface area contributed by atoms with Crippen molar-refractivity contribution in [3.63, 3.8) is 0 Å². The zero-order valence-electron chi connectivity index (χ0n) is 19.8. The van der Waals surface area contributed by atoms with Crippen LogP contribution in [0, 0.1) is 32.5 Å². The summed E-state index contributed by atoms with van der Waals surface area (Å²) in [5.41, 5.74) is 5.65. The van der Waals surface area contributed by atoms with E-state index in [0.717, 1.165) is 46.1 Å². The molecule has 0 atom stereocenters.